The van der Waals surface area contributed by atoms with Crippen LogP contribution in [0, 0.1) is 17.8 Å². The topological polar surface area (TPSA) is 18.5 Å². The molecule has 1 aliphatic carbocycles. The lowest BCUT2D eigenvalue weighted by Crippen LogP contribution is -2.36. The predicted molar refractivity (Wildman–Crippen MR) is 69.7 cm³/mol. The summed E-state index contributed by atoms with van der Waals surface area (Å²) >= 11 is 0. The van der Waals surface area contributed by atoms with Crippen molar-refractivity contribution in [2.24, 2.45) is 17.8 Å². The standard InChI is InChI=1S/C15H26O2/c1-9-7-10(2)13(11(3)8-9)14-16-12(4)15(5,6)17-14/h7,10-14H,8H2,1-6H3/t10-,11+,12+,13-,14+/m1/s1. The summed E-state index contributed by atoms with van der Waals surface area (Å²) in [5.74, 6) is 1.67. The zero-order valence-electron chi connectivity index (χ0n) is 12.0. The summed E-state index contributed by atoms with van der Waals surface area (Å²) in [6.45, 7) is 13.2. The minimum absolute atomic E-state index is 0.0330. The number of hydrogen-bond acceptors (Lipinski definition) is 2. The molecule has 1 heterocycles. The lowest BCUT2D eigenvalue weighted by molar-refractivity contribution is -0.138. The average molecular weight is 238 g/mol. The van der Waals surface area contributed by atoms with Gasteiger partial charge in [-0.25, -0.2) is 0 Å². The maximum atomic E-state index is 6.13. The first-order valence-electron chi connectivity index (χ1n) is 6.82. The molecule has 1 saturated heterocycles. The molecule has 1 aliphatic heterocycles. The zero-order valence-corrected chi connectivity index (χ0v) is 12.0. The molecule has 2 nitrogen and oxygen atoms in total. The summed E-state index contributed by atoms with van der Waals surface area (Å²) in [7, 11) is 0. The SMILES string of the molecule is CC1=C[C@@H](C)[C@@H]([C@H]2O[C@@H](C)C(C)(C)O2)[C@@H](C)C1. The molecule has 17 heavy (non-hydrogen) atoms. The maximum Gasteiger partial charge on any atom is 0.162 e. The molecule has 0 N–H and O–H groups in total. The Hall–Kier alpha value is -0.340. The van der Waals surface area contributed by atoms with Gasteiger partial charge in [-0.3, -0.25) is 0 Å². The summed E-state index contributed by atoms with van der Waals surface area (Å²) in [5.41, 5.74) is 1.35. The quantitative estimate of drug-likeness (QED) is 0.647. The van der Waals surface area contributed by atoms with Crippen LogP contribution in [0.5, 0.6) is 0 Å². The van der Waals surface area contributed by atoms with Gasteiger partial charge < -0.3 is 9.47 Å². The summed E-state index contributed by atoms with van der Waals surface area (Å²) in [6.07, 6.45) is 3.70. The van der Waals surface area contributed by atoms with E-state index >= 15 is 0 Å². The second-order valence-corrected chi connectivity index (χ2v) is 6.50. The van der Waals surface area contributed by atoms with E-state index in [0.717, 1.165) is 0 Å². The smallest absolute Gasteiger partial charge is 0.162 e. The van der Waals surface area contributed by atoms with Crippen molar-refractivity contribution >= 4 is 0 Å². The van der Waals surface area contributed by atoms with Gasteiger partial charge in [-0.05, 0) is 46.0 Å². The number of ether oxygens (including phenoxy) is 2. The molecule has 0 bridgehead atoms. The van der Waals surface area contributed by atoms with Gasteiger partial charge in [0, 0.05) is 5.92 Å². The Morgan fingerprint density at radius 2 is 1.88 bits per heavy atom. The first-order chi connectivity index (χ1) is 7.81. The van der Waals surface area contributed by atoms with Crippen LogP contribution >= 0.6 is 0 Å². The predicted octanol–water partition coefficient (Wildman–Crippen LogP) is 3.76. The second-order valence-electron chi connectivity index (χ2n) is 6.50. The van der Waals surface area contributed by atoms with Gasteiger partial charge in [0.25, 0.3) is 0 Å². The van der Waals surface area contributed by atoms with E-state index in [1.165, 1.54) is 12.0 Å². The third-order valence-corrected chi connectivity index (χ3v) is 4.51. The largest absolute Gasteiger partial charge is 0.346 e. The van der Waals surface area contributed by atoms with Crippen LogP contribution in [0.1, 0.15) is 48.0 Å². The first-order valence-corrected chi connectivity index (χ1v) is 6.82. The minimum Gasteiger partial charge on any atom is -0.346 e. The first kappa shape index (κ1) is 13.1. The Balaban J connectivity index is 2.14. The van der Waals surface area contributed by atoms with E-state index in [2.05, 4.69) is 47.6 Å². The zero-order chi connectivity index (χ0) is 12.8. The molecule has 0 aromatic carbocycles. The van der Waals surface area contributed by atoms with Crippen LogP contribution in [-0.4, -0.2) is 18.0 Å². The van der Waals surface area contributed by atoms with Gasteiger partial charge in [0.2, 0.25) is 0 Å². The Kier molecular flexibility index (Phi) is 3.39. The van der Waals surface area contributed by atoms with E-state index in [-0.39, 0.29) is 18.0 Å². The van der Waals surface area contributed by atoms with Gasteiger partial charge >= 0.3 is 0 Å². The van der Waals surface area contributed by atoms with Crippen molar-refractivity contribution in [1.82, 2.24) is 0 Å². The highest BCUT2D eigenvalue weighted by Crippen LogP contribution is 2.42. The molecule has 0 aromatic rings. The van der Waals surface area contributed by atoms with Crippen molar-refractivity contribution in [3.63, 3.8) is 0 Å². The number of hydrogen-bond donors (Lipinski definition) is 0. The molecular formula is C15H26O2. The summed E-state index contributed by atoms with van der Waals surface area (Å²) in [6, 6.07) is 0. The lowest BCUT2D eigenvalue weighted by atomic mass is 9.74. The highest BCUT2D eigenvalue weighted by atomic mass is 16.7. The molecule has 5 atom stereocenters. The summed E-state index contributed by atoms with van der Waals surface area (Å²) in [4.78, 5) is 0. The van der Waals surface area contributed by atoms with Crippen molar-refractivity contribution in [1.29, 1.82) is 0 Å². The van der Waals surface area contributed by atoms with Gasteiger partial charge in [-0.15, -0.1) is 0 Å². The van der Waals surface area contributed by atoms with E-state index in [4.69, 9.17) is 9.47 Å². The van der Waals surface area contributed by atoms with Crippen LogP contribution in [-0.2, 0) is 9.47 Å². The fourth-order valence-electron chi connectivity index (χ4n) is 3.26. The molecule has 98 valence electrons. The Morgan fingerprint density at radius 3 is 2.35 bits per heavy atom. The molecule has 0 amide bonds. The van der Waals surface area contributed by atoms with Crippen molar-refractivity contribution in [2.75, 3.05) is 0 Å². The Morgan fingerprint density at radius 1 is 1.24 bits per heavy atom. The van der Waals surface area contributed by atoms with Crippen LogP contribution in [0.25, 0.3) is 0 Å². The highest BCUT2D eigenvalue weighted by molar-refractivity contribution is 5.09. The van der Waals surface area contributed by atoms with Crippen molar-refractivity contribution < 1.29 is 9.47 Å². The molecule has 2 rings (SSSR count). The van der Waals surface area contributed by atoms with Gasteiger partial charge in [0.05, 0.1) is 11.7 Å². The van der Waals surface area contributed by atoms with Crippen molar-refractivity contribution in [3.05, 3.63) is 11.6 Å². The molecule has 0 spiro atoms. The number of rotatable bonds is 1. The van der Waals surface area contributed by atoms with Crippen LogP contribution in [0.15, 0.2) is 11.6 Å². The van der Waals surface area contributed by atoms with Gasteiger partial charge in [-0.2, -0.15) is 0 Å². The van der Waals surface area contributed by atoms with Crippen molar-refractivity contribution in [3.8, 4) is 0 Å². The molecule has 2 aliphatic rings. The van der Waals surface area contributed by atoms with Crippen LogP contribution in [0.4, 0.5) is 0 Å². The summed E-state index contributed by atoms with van der Waals surface area (Å²) < 4.78 is 12.2. The molecule has 1 fully saturated rings. The summed E-state index contributed by atoms with van der Waals surface area (Å²) in [5, 5.41) is 0. The Labute approximate surface area is 105 Å². The molecule has 0 saturated carbocycles. The van der Waals surface area contributed by atoms with Crippen LogP contribution in [0.2, 0.25) is 0 Å². The van der Waals surface area contributed by atoms with E-state index in [0.29, 0.717) is 17.8 Å². The Bertz CT molecular complexity index is 319. The molecule has 0 unspecified atom stereocenters. The fourth-order valence-corrected chi connectivity index (χ4v) is 3.26. The lowest BCUT2D eigenvalue weighted by Gasteiger charge is -2.36. The van der Waals surface area contributed by atoms with Crippen LogP contribution < -0.4 is 0 Å². The van der Waals surface area contributed by atoms with Gasteiger partial charge in [0.1, 0.15) is 0 Å². The number of allylic oxidation sites excluding steroid dienone is 2. The fraction of sp³-hybridized carbons (Fsp3) is 0.867. The van der Waals surface area contributed by atoms with E-state index < -0.39 is 0 Å². The monoisotopic (exact) mass is 238 g/mol. The van der Waals surface area contributed by atoms with E-state index in [1.54, 1.807) is 0 Å². The third kappa shape index (κ3) is 2.43. The van der Waals surface area contributed by atoms with Gasteiger partial charge in [0.15, 0.2) is 6.29 Å². The van der Waals surface area contributed by atoms with E-state index in [9.17, 15) is 0 Å². The molecule has 0 aromatic heterocycles. The maximum absolute atomic E-state index is 6.13. The second kappa shape index (κ2) is 4.40. The minimum atomic E-state index is -0.152. The van der Waals surface area contributed by atoms with Crippen LogP contribution in [0.3, 0.4) is 0 Å². The van der Waals surface area contributed by atoms with E-state index in [1.807, 2.05) is 0 Å². The van der Waals surface area contributed by atoms with Crippen molar-refractivity contribution in [2.45, 2.75) is 66.0 Å². The molecule has 0 radical (unpaired) electrons. The van der Waals surface area contributed by atoms with Gasteiger partial charge in [-0.1, -0.05) is 25.5 Å². The molecular weight excluding hydrogens is 212 g/mol. The normalized spacial score (nSPS) is 45.8. The average Bonchev–Trinajstić information content (AvgIpc) is 2.38. The third-order valence-electron chi connectivity index (χ3n) is 4.51. The highest BCUT2D eigenvalue weighted by Gasteiger charge is 2.46. The molecule has 2 heteroatoms.